The number of hydrogen-bond acceptors (Lipinski definition) is 4. The average molecular weight is 227 g/mol. The highest BCUT2D eigenvalue weighted by Crippen LogP contribution is 2.25. The molecule has 0 amide bonds. The first-order chi connectivity index (χ1) is 7.52. The van der Waals surface area contributed by atoms with Crippen molar-refractivity contribution in [3.63, 3.8) is 0 Å². The van der Waals surface area contributed by atoms with Crippen LogP contribution in [0.3, 0.4) is 0 Å². The van der Waals surface area contributed by atoms with Gasteiger partial charge < -0.3 is 10.8 Å². The molecule has 5 nitrogen and oxygen atoms in total. The Hall–Kier alpha value is -2.07. The van der Waals surface area contributed by atoms with Crippen molar-refractivity contribution in [1.29, 1.82) is 5.26 Å². The van der Waals surface area contributed by atoms with Gasteiger partial charge >= 0.3 is 5.97 Å². The lowest BCUT2D eigenvalue weighted by molar-refractivity contribution is 0.0681. The standard InChI is InChI=1S/C9H7F2N3O2/c10-8(11)7-6(9(15)16)5(2-13)4(1-12)3-14-7/h3,8H,1,12H2,(H,15,16). The molecule has 1 aromatic rings. The van der Waals surface area contributed by atoms with Gasteiger partial charge in [-0.25, -0.2) is 13.6 Å². The lowest BCUT2D eigenvalue weighted by atomic mass is 10.0. The summed E-state index contributed by atoms with van der Waals surface area (Å²) >= 11 is 0. The van der Waals surface area contributed by atoms with E-state index in [-0.39, 0.29) is 17.7 Å². The molecule has 0 saturated carbocycles. The van der Waals surface area contributed by atoms with Gasteiger partial charge in [0.25, 0.3) is 6.43 Å². The minimum Gasteiger partial charge on any atom is -0.478 e. The third-order valence-electron chi connectivity index (χ3n) is 1.94. The van der Waals surface area contributed by atoms with Gasteiger partial charge in [-0.2, -0.15) is 5.26 Å². The Bertz CT molecular complexity index is 469. The second-order valence-electron chi connectivity index (χ2n) is 2.84. The number of nitriles is 1. The number of carboxylic acids is 1. The SMILES string of the molecule is N#Cc1c(CN)cnc(C(F)F)c1C(=O)O. The molecule has 0 saturated heterocycles. The Morgan fingerprint density at radius 2 is 2.31 bits per heavy atom. The zero-order chi connectivity index (χ0) is 12.3. The topological polar surface area (TPSA) is 100 Å². The van der Waals surface area contributed by atoms with Crippen molar-refractivity contribution in [2.75, 3.05) is 0 Å². The molecular weight excluding hydrogens is 220 g/mol. The molecule has 1 aromatic heterocycles. The number of nitrogens with two attached hydrogens (primary N) is 1. The summed E-state index contributed by atoms with van der Waals surface area (Å²) in [7, 11) is 0. The lowest BCUT2D eigenvalue weighted by Crippen LogP contribution is -2.12. The Labute approximate surface area is 89.1 Å². The van der Waals surface area contributed by atoms with E-state index in [4.69, 9.17) is 16.1 Å². The number of pyridine rings is 1. The lowest BCUT2D eigenvalue weighted by Gasteiger charge is -2.08. The predicted octanol–water partition coefficient (Wildman–Crippen LogP) is 1.05. The molecule has 0 atom stereocenters. The molecule has 16 heavy (non-hydrogen) atoms. The van der Waals surface area contributed by atoms with E-state index in [9.17, 15) is 13.6 Å². The van der Waals surface area contributed by atoms with E-state index in [0.29, 0.717) is 0 Å². The average Bonchev–Trinajstić information content (AvgIpc) is 2.26. The number of aromatic carboxylic acids is 1. The number of hydrogen-bond donors (Lipinski definition) is 2. The van der Waals surface area contributed by atoms with E-state index in [1.54, 1.807) is 6.07 Å². The molecule has 0 aliphatic rings. The van der Waals surface area contributed by atoms with Gasteiger partial charge in [-0.1, -0.05) is 0 Å². The highest BCUT2D eigenvalue weighted by atomic mass is 19.3. The number of carboxylic acid groups (broad SMARTS) is 1. The number of nitrogens with zero attached hydrogens (tertiary/aromatic N) is 2. The summed E-state index contributed by atoms with van der Waals surface area (Å²) in [5.41, 5.74) is 3.33. The monoisotopic (exact) mass is 227 g/mol. The molecule has 0 spiro atoms. The van der Waals surface area contributed by atoms with Gasteiger partial charge in [0.1, 0.15) is 17.3 Å². The summed E-state index contributed by atoms with van der Waals surface area (Å²) in [6, 6.07) is 1.56. The van der Waals surface area contributed by atoms with Gasteiger partial charge in [-0.3, -0.25) is 4.98 Å². The highest BCUT2D eigenvalue weighted by Gasteiger charge is 2.25. The van der Waals surface area contributed by atoms with Crippen LogP contribution in [-0.4, -0.2) is 16.1 Å². The molecule has 0 aliphatic carbocycles. The summed E-state index contributed by atoms with van der Waals surface area (Å²) < 4.78 is 24.9. The van der Waals surface area contributed by atoms with E-state index in [0.717, 1.165) is 6.20 Å². The normalized spacial score (nSPS) is 10.2. The Kier molecular flexibility index (Phi) is 3.48. The number of carbonyl (C=O) groups is 1. The van der Waals surface area contributed by atoms with Crippen molar-refractivity contribution in [3.8, 4) is 6.07 Å². The molecule has 0 bridgehead atoms. The van der Waals surface area contributed by atoms with Crippen LogP contribution in [0.4, 0.5) is 8.78 Å². The van der Waals surface area contributed by atoms with Crippen molar-refractivity contribution in [1.82, 2.24) is 4.98 Å². The van der Waals surface area contributed by atoms with Crippen LogP contribution in [0.5, 0.6) is 0 Å². The molecule has 0 aliphatic heterocycles. The third kappa shape index (κ3) is 1.97. The molecular formula is C9H7F2N3O2. The maximum Gasteiger partial charge on any atom is 0.339 e. The van der Waals surface area contributed by atoms with Gasteiger partial charge in [0.15, 0.2) is 0 Å². The second-order valence-corrected chi connectivity index (χ2v) is 2.84. The van der Waals surface area contributed by atoms with Crippen molar-refractivity contribution >= 4 is 5.97 Å². The van der Waals surface area contributed by atoms with Crippen LogP contribution >= 0.6 is 0 Å². The molecule has 84 valence electrons. The first-order valence-corrected chi connectivity index (χ1v) is 4.16. The van der Waals surface area contributed by atoms with Crippen molar-refractivity contribution in [2.24, 2.45) is 5.73 Å². The molecule has 0 fully saturated rings. The van der Waals surface area contributed by atoms with Crippen LogP contribution in [0.2, 0.25) is 0 Å². The molecule has 1 heterocycles. The van der Waals surface area contributed by atoms with Gasteiger partial charge in [0, 0.05) is 18.3 Å². The third-order valence-corrected chi connectivity index (χ3v) is 1.94. The van der Waals surface area contributed by atoms with Gasteiger partial charge in [0.2, 0.25) is 0 Å². The van der Waals surface area contributed by atoms with Gasteiger partial charge in [-0.15, -0.1) is 0 Å². The fourth-order valence-corrected chi connectivity index (χ4v) is 1.23. The zero-order valence-corrected chi connectivity index (χ0v) is 7.94. The first kappa shape index (κ1) is 12.0. The van der Waals surface area contributed by atoms with E-state index < -0.39 is 23.7 Å². The number of alkyl halides is 2. The van der Waals surface area contributed by atoms with Crippen LogP contribution in [-0.2, 0) is 6.54 Å². The molecule has 3 N–H and O–H groups in total. The second kappa shape index (κ2) is 4.63. The maximum atomic E-state index is 12.5. The Morgan fingerprint density at radius 1 is 1.69 bits per heavy atom. The van der Waals surface area contributed by atoms with Crippen LogP contribution in [0.25, 0.3) is 0 Å². The molecule has 0 radical (unpaired) electrons. The zero-order valence-electron chi connectivity index (χ0n) is 7.94. The van der Waals surface area contributed by atoms with E-state index >= 15 is 0 Å². The highest BCUT2D eigenvalue weighted by molar-refractivity contribution is 5.92. The van der Waals surface area contributed by atoms with Crippen LogP contribution in [0, 0.1) is 11.3 Å². The summed E-state index contributed by atoms with van der Waals surface area (Å²) in [5.74, 6) is -1.62. The van der Waals surface area contributed by atoms with Gasteiger partial charge in [-0.05, 0) is 0 Å². The molecule has 0 aromatic carbocycles. The van der Waals surface area contributed by atoms with E-state index in [1.807, 2.05) is 0 Å². The molecule has 7 heteroatoms. The maximum absolute atomic E-state index is 12.5. The summed E-state index contributed by atoms with van der Waals surface area (Å²) in [5, 5.41) is 17.5. The van der Waals surface area contributed by atoms with E-state index in [2.05, 4.69) is 4.98 Å². The fourth-order valence-electron chi connectivity index (χ4n) is 1.23. The van der Waals surface area contributed by atoms with Crippen LogP contribution < -0.4 is 5.73 Å². The predicted molar refractivity (Wildman–Crippen MR) is 48.8 cm³/mol. The minimum atomic E-state index is -3.05. The molecule has 0 unspecified atom stereocenters. The largest absolute Gasteiger partial charge is 0.478 e. The Morgan fingerprint density at radius 3 is 2.69 bits per heavy atom. The van der Waals surface area contributed by atoms with Crippen LogP contribution in [0.15, 0.2) is 6.20 Å². The number of rotatable bonds is 3. The van der Waals surface area contributed by atoms with Crippen LogP contribution in [0.1, 0.15) is 33.6 Å². The number of halogens is 2. The van der Waals surface area contributed by atoms with Gasteiger partial charge in [0.05, 0.1) is 5.56 Å². The molecule has 1 rings (SSSR count). The van der Waals surface area contributed by atoms with E-state index in [1.165, 1.54) is 0 Å². The smallest absolute Gasteiger partial charge is 0.339 e. The minimum absolute atomic E-state index is 0.129. The summed E-state index contributed by atoms with van der Waals surface area (Å²) in [4.78, 5) is 14.1. The quantitative estimate of drug-likeness (QED) is 0.803. The summed E-state index contributed by atoms with van der Waals surface area (Å²) in [6.07, 6.45) is -2.06. The first-order valence-electron chi connectivity index (χ1n) is 4.16. The Balaban J connectivity index is 3.59. The van der Waals surface area contributed by atoms with Crippen molar-refractivity contribution in [2.45, 2.75) is 13.0 Å². The fraction of sp³-hybridized carbons (Fsp3) is 0.222. The van der Waals surface area contributed by atoms with Crippen molar-refractivity contribution < 1.29 is 18.7 Å². The number of aromatic nitrogens is 1. The summed E-state index contributed by atoms with van der Waals surface area (Å²) in [6.45, 7) is -0.139. The van der Waals surface area contributed by atoms with Crippen molar-refractivity contribution in [3.05, 3.63) is 28.6 Å².